The topological polar surface area (TPSA) is 38.8 Å². The average molecular weight is 586 g/mol. The number of hydrogen-bond donors (Lipinski definition) is 0. The molecular weight excluding hydrogens is 545 g/mol. The van der Waals surface area contributed by atoms with Crippen LogP contribution in [0.4, 0.5) is 0 Å². The molecule has 10 heterocycles. The van der Waals surface area contributed by atoms with Crippen LogP contribution in [0.25, 0.3) is 0 Å². The van der Waals surface area contributed by atoms with Crippen molar-refractivity contribution >= 4 is 24.8 Å². The summed E-state index contributed by atoms with van der Waals surface area (Å²) in [4.78, 5) is 23.8. The molecule has 0 amide bonds. The number of fused-ring (bicyclic) bond motifs is 10. The molecule has 6 atom stereocenters. The number of aldehydes is 1. The fraction of sp³-hybridized carbons (Fsp3) is 0.606. The minimum atomic E-state index is -4.31. The van der Waals surface area contributed by atoms with Crippen LogP contribution in [0.3, 0.4) is 0 Å². The Morgan fingerprint density at radius 3 is 1.51 bits per heavy atom. The molecule has 12 rings (SSSR count). The summed E-state index contributed by atoms with van der Waals surface area (Å²) >= 11 is 0. The van der Waals surface area contributed by atoms with E-state index in [1.165, 1.54) is 32.9 Å². The van der Waals surface area contributed by atoms with Gasteiger partial charge in [-0.3, -0.25) is 0 Å². The van der Waals surface area contributed by atoms with Gasteiger partial charge >= 0.3 is 224 Å². The zero-order valence-corrected chi connectivity index (χ0v) is 26.5. The number of hydrogen-bond acceptors (Lipinski definition) is 4. The van der Waals surface area contributed by atoms with Gasteiger partial charge in [0.2, 0.25) is 0 Å². The molecule has 6 heteroatoms. The van der Waals surface area contributed by atoms with Gasteiger partial charge in [-0.25, -0.2) is 0 Å². The molecule has 0 radical (unpaired) electrons. The first kappa shape index (κ1) is 21.3. The van der Waals surface area contributed by atoms with Gasteiger partial charge in [0.15, 0.2) is 0 Å². The molecule has 0 saturated carbocycles. The predicted molar refractivity (Wildman–Crippen MR) is 155 cm³/mol. The van der Waals surface area contributed by atoms with Gasteiger partial charge in [-0.15, -0.1) is 0 Å². The van der Waals surface area contributed by atoms with Crippen molar-refractivity contribution in [3.8, 4) is 11.5 Å². The van der Waals surface area contributed by atoms with Crippen LogP contribution in [0.2, 0.25) is 42.3 Å². The third-order valence-electron chi connectivity index (χ3n) is 20.9. The molecule has 0 N–H and O–H groups in total. The number of benzene rings is 2. The van der Waals surface area contributed by atoms with Gasteiger partial charge in [-0.2, -0.15) is 0 Å². The van der Waals surface area contributed by atoms with Crippen molar-refractivity contribution in [1.29, 1.82) is 0 Å². The van der Waals surface area contributed by atoms with Crippen LogP contribution < -0.4 is 20.1 Å². The summed E-state index contributed by atoms with van der Waals surface area (Å²) in [5.74, 6) is 2.03. The third kappa shape index (κ3) is 0.479. The molecule has 10 aliphatic heterocycles. The van der Waals surface area contributed by atoms with E-state index in [2.05, 4.69) is 77.9 Å². The minimum absolute atomic E-state index is 0.0674. The molecule has 1 spiro atoms. The quantitative estimate of drug-likeness (QED) is 0.200. The summed E-state index contributed by atoms with van der Waals surface area (Å²) < 4.78 is 12.5. The van der Waals surface area contributed by atoms with Crippen molar-refractivity contribution in [1.82, 2.24) is 4.90 Å². The number of carbonyl (C=O) groups is 1. The zero-order valence-electron chi connectivity index (χ0n) is 24.5. The van der Waals surface area contributed by atoms with Crippen LogP contribution in [-0.2, 0) is 11.3 Å². The van der Waals surface area contributed by atoms with Crippen molar-refractivity contribution in [2.75, 3.05) is 28.3 Å². The fourth-order valence-electron chi connectivity index (χ4n) is 23.0. The second kappa shape index (κ2) is 3.09. The van der Waals surface area contributed by atoms with Crippen molar-refractivity contribution in [3.63, 3.8) is 0 Å². The summed E-state index contributed by atoms with van der Waals surface area (Å²) in [5.41, 5.74) is 4.96. The van der Waals surface area contributed by atoms with Gasteiger partial charge in [0.05, 0.1) is 0 Å². The van der Waals surface area contributed by atoms with E-state index in [0.29, 0.717) is 14.4 Å². The Kier molecular flexibility index (Phi) is 1.69. The molecule has 10 fully saturated rings. The number of carbonyl (C=O) groups excluding carboxylic acids is 1. The molecule has 2 aromatic rings. The van der Waals surface area contributed by atoms with E-state index < -0.39 is 14.4 Å². The molecule has 4 nitrogen and oxygen atoms in total. The Morgan fingerprint density at radius 1 is 0.821 bits per heavy atom. The average Bonchev–Trinajstić information content (AvgIpc) is 3.83. The Morgan fingerprint density at radius 2 is 1.23 bits per heavy atom. The standard InChI is InChI=1S/C28H35NO3P.C5H5.Fe/c1-17-12-22(13-18(2)27(17)31-8)33(23-14-19(3)28(32-9)20(4)15-23)26-11-10-24(25(26)16-30)21(5)29(6)7;1-2-4-5-3-1;/h10-16,21H,1-9H3;1-5H;. The number of methoxy groups -OCH3 is 2. The first-order valence-corrected chi connectivity index (χ1v) is 22.2. The Labute approximate surface area is 223 Å². The summed E-state index contributed by atoms with van der Waals surface area (Å²) in [5, 5.41) is 3.04. The maximum atomic E-state index is 14.1. The maximum absolute atomic E-state index is 14.1. The van der Waals surface area contributed by atoms with Crippen LogP contribution in [0, 0.1) is 27.7 Å². The van der Waals surface area contributed by atoms with E-state index in [1.807, 2.05) is 0 Å². The normalized spacial score (nSPS) is 63.3. The van der Waals surface area contributed by atoms with Gasteiger partial charge in [0.25, 0.3) is 0 Å². The molecule has 10 saturated heterocycles. The van der Waals surface area contributed by atoms with E-state index in [4.69, 9.17) is 9.47 Å². The van der Waals surface area contributed by atoms with E-state index in [0.717, 1.165) is 45.2 Å². The number of nitrogens with zero attached hydrogens (tertiary/aromatic N) is 1. The molecule has 2 aromatic carbocycles. The summed E-state index contributed by atoms with van der Waals surface area (Å²) in [7, 11) is 7.54. The second-order valence-corrected chi connectivity index (χ2v) is 43.0. The number of rotatable bonds is 8. The fourth-order valence-corrected chi connectivity index (χ4v) is 116. The van der Waals surface area contributed by atoms with Crippen molar-refractivity contribution in [2.24, 2.45) is 0 Å². The Hall–Kier alpha value is -1.38. The van der Waals surface area contributed by atoms with Crippen LogP contribution in [-0.4, -0.2) is 49.6 Å². The molecule has 208 valence electrons. The molecule has 10 aliphatic rings. The molecule has 0 aromatic heterocycles. The Bertz CT molecular complexity index is 1980. The van der Waals surface area contributed by atoms with E-state index >= 15 is 0 Å². The van der Waals surface area contributed by atoms with Gasteiger partial charge in [-0.05, 0) is 0 Å². The molecule has 39 heavy (non-hydrogen) atoms. The van der Waals surface area contributed by atoms with E-state index in [1.54, 1.807) is 20.5 Å². The monoisotopic (exact) mass is 585 g/mol. The molecule has 6 unspecified atom stereocenters. The molecular formula is C33H40FeNO3P. The van der Waals surface area contributed by atoms with Crippen LogP contribution >= 0.6 is 7.92 Å². The molecule has 0 aliphatic carbocycles. The van der Waals surface area contributed by atoms with Crippen molar-refractivity contribution < 1.29 is 20.8 Å². The van der Waals surface area contributed by atoms with E-state index in [-0.39, 0.29) is 4.31 Å². The summed E-state index contributed by atoms with van der Waals surface area (Å²) in [6, 6.07) is 10.4. The summed E-state index contributed by atoms with van der Waals surface area (Å²) in [6.07, 6.45) is 1.71. The van der Waals surface area contributed by atoms with Gasteiger partial charge in [-0.1, -0.05) is 0 Å². The second-order valence-electron chi connectivity index (χ2n) is 17.2. The van der Waals surface area contributed by atoms with Crippen LogP contribution in [0.15, 0.2) is 24.3 Å². The van der Waals surface area contributed by atoms with Crippen molar-refractivity contribution in [2.45, 2.75) is 87.1 Å². The first-order valence-electron chi connectivity index (χ1n) is 14.8. The first-order chi connectivity index (χ1) is 18.3. The number of aryl methyl sites for hydroxylation is 4. The summed E-state index contributed by atoms with van der Waals surface area (Å²) in [6.45, 7) is 7.10. The van der Waals surface area contributed by atoms with Gasteiger partial charge < -0.3 is 0 Å². The Balaban J connectivity index is 1.21. The third-order valence-corrected chi connectivity index (χ3v) is 71.4. The zero-order chi connectivity index (χ0) is 27.2. The van der Waals surface area contributed by atoms with E-state index in [9.17, 15) is 4.79 Å². The van der Waals surface area contributed by atoms with Crippen molar-refractivity contribution in [3.05, 3.63) is 46.5 Å². The van der Waals surface area contributed by atoms with Crippen LogP contribution in [0.5, 0.6) is 11.5 Å². The van der Waals surface area contributed by atoms with Gasteiger partial charge in [0.1, 0.15) is 0 Å². The molecule has 0 bridgehead atoms. The predicted octanol–water partition coefficient (Wildman–Crippen LogP) is 6.56. The SMILES string of the molecule is COc1c(C)cc(P(c2cc(C)c(OC)c(C)c2)[C]23[CH]4[CH]5[C]6(C(C)N(C)C)[C]2(C=O)[Fe]54632789[CH]3[CH]2[CH]7[CH]8[CH]39)cc1C. The van der Waals surface area contributed by atoms with Gasteiger partial charge in [0, 0.05) is 0 Å². The number of ether oxygens (including phenoxy) is 2. The van der Waals surface area contributed by atoms with Crippen LogP contribution in [0.1, 0.15) is 29.2 Å².